The van der Waals surface area contributed by atoms with Gasteiger partial charge < -0.3 is 20.7 Å². The van der Waals surface area contributed by atoms with Gasteiger partial charge in [-0.3, -0.25) is 14.3 Å². The Hall–Kier alpha value is -1.97. The van der Waals surface area contributed by atoms with Gasteiger partial charge in [-0.2, -0.15) is 4.98 Å². The molecule has 19 heavy (non-hydrogen) atoms. The molecule has 2 fully saturated rings. The highest BCUT2D eigenvalue weighted by molar-refractivity contribution is 5.70. The van der Waals surface area contributed by atoms with Gasteiger partial charge >= 0.3 is 0 Å². The first-order chi connectivity index (χ1) is 9.08. The summed E-state index contributed by atoms with van der Waals surface area (Å²) < 4.78 is 6.98. The molecule has 2 aromatic rings. The molecule has 1 aliphatic carbocycles. The van der Waals surface area contributed by atoms with E-state index in [4.69, 9.17) is 10.5 Å². The number of anilines is 1. The van der Waals surface area contributed by atoms with E-state index in [0.717, 1.165) is 0 Å². The predicted molar refractivity (Wildman–Crippen MR) is 62.0 cm³/mol. The molecule has 2 aromatic heterocycles. The molecule has 1 saturated carbocycles. The van der Waals surface area contributed by atoms with Crippen LogP contribution in [0.1, 0.15) is 6.23 Å². The minimum absolute atomic E-state index is 0.0306. The number of aliphatic hydroxyl groups excluding tert-OH is 2. The van der Waals surface area contributed by atoms with Gasteiger partial charge in [0, 0.05) is 5.92 Å². The van der Waals surface area contributed by atoms with Gasteiger partial charge in [0.25, 0.3) is 5.56 Å². The lowest BCUT2D eigenvalue weighted by molar-refractivity contribution is -0.0670. The molecular formula is C10H11N5O4. The normalized spacial score (nSPS) is 36.6. The number of nitrogens with two attached hydrogens (primary N) is 1. The maximum Gasteiger partial charge on any atom is 0.280 e. The number of nitrogens with zero attached hydrogens (tertiary/aromatic N) is 3. The zero-order chi connectivity index (χ0) is 13.3. The Kier molecular flexibility index (Phi) is 1.91. The smallest absolute Gasteiger partial charge is 0.280 e. The number of imidazole rings is 1. The van der Waals surface area contributed by atoms with Gasteiger partial charge in [0.05, 0.1) is 18.5 Å². The molecule has 5 N–H and O–H groups in total. The molecule has 0 bridgehead atoms. The quantitative estimate of drug-likeness (QED) is 0.465. The Bertz CT molecular complexity index is 724. The summed E-state index contributed by atoms with van der Waals surface area (Å²) in [7, 11) is 0. The summed E-state index contributed by atoms with van der Waals surface area (Å²) in [6, 6.07) is 0. The Morgan fingerprint density at radius 3 is 2.89 bits per heavy atom. The van der Waals surface area contributed by atoms with Crippen molar-refractivity contribution in [1.82, 2.24) is 19.5 Å². The number of fused-ring (bicyclic) bond motifs is 2. The Morgan fingerprint density at radius 2 is 2.21 bits per heavy atom. The Labute approximate surface area is 105 Å². The van der Waals surface area contributed by atoms with Gasteiger partial charge in [-0.1, -0.05) is 0 Å². The molecule has 0 amide bonds. The number of aromatic nitrogens is 4. The standard InChI is InChI=1S/C10H11N5O4/c11-10-13-7-3(8(18)14-10)12-1-15(7)9-5(17)2-4(16)6(2)19-9/h1-2,4-6,9,16-17H,(H3,11,13,14,18)/t2?,4?,5-,6+,9-/m1/s1. The topological polar surface area (TPSA) is 139 Å². The van der Waals surface area contributed by atoms with Crippen molar-refractivity contribution in [2.24, 2.45) is 5.92 Å². The van der Waals surface area contributed by atoms with E-state index in [1.807, 2.05) is 0 Å². The fourth-order valence-corrected chi connectivity index (χ4v) is 2.65. The second-order valence-electron chi connectivity index (χ2n) is 4.83. The summed E-state index contributed by atoms with van der Waals surface area (Å²) in [4.78, 5) is 21.9. The molecule has 9 heteroatoms. The van der Waals surface area contributed by atoms with E-state index >= 15 is 0 Å². The van der Waals surface area contributed by atoms with Crippen LogP contribution in [0.15, 0.2) is 11.1 Å². The van der Waals surface area contributed by atoms with Crippen LogP contribution in [0.2, 0.25) is 0 Å². The lowest BCUT2D eigenvalue weighted by Crippen LogP contribution is -2.26. The molecule has 1 aliphatic heterocycles. The van der Waals surface area contributed by atoms with Crippen LogP contribution in [0.5, 0.6) is 0 Å². The number of nitrogen functional groups attached to an aromatic ring is 1. The van der Waals surface area contributed by atoms with Crippen molar-refractivity contribution >= 4 is 17.1 Å². The highest BCUT2D eigenvalue weighted by Crippen LogP contribution is 2.50. The van der Waals surface area contributed by atoms with E-state index in [9.17, 15) is 15.0 Å². The van der Waals surface area contributed by atoms with E-state index < -0.39 is 24.0 Å². The highest BCUT2D eigenvalue weighted by atomic mass is 16.6. The van der Waals surface area contributed by atoms with E-state index in [-0.39, 0.29) is 29.1 Å². The van der Waals surface area contributed by atoms with Gasteiger partial charge in [-0.25, -0.2) is 4.98 Å². The van der Waals surface area contributed by atoms with Gasteiger partial charge in [-0.15, -0.1) is 0 Å². The summed E-state index contributed by atoms with van der Waals surface area (Å²) in [6.45, 7) is 0. The van der Waals surface area contributed by atoms with Crippen molar-refractivity contribution < 1.29 is 14.9 Å². The molecule has 100 valence electrons. The van der Waals surface area contributed by atoms with E-state index in [2.05, 4.69) is 15.0 Å². The van der Waals surface area contributed by atoms with Crippen molar-refractivity contribution in [3.8, 4) is 0 Å². The third kappa shape index (κ3) is 1.31. The summed E-state index contributed by atoms with van der Waals surface area (Å²) in [6.07, 6.45) is -1.19. The van der Waals surface area contributed by atoms with Crippen molar-refractivity contribution in [3.63, 3.8) is 0 Å². The Balaban J connectivity index is 1.83. The van der Waals surface area contributed by atoms with Crippen molar-refractivity contribution in [1.29, 1.82) is 0 Å². The largest absolute Gasteiger partial charge is 0.390 e. The Morgan fingerprint density at radius 1 is 1.42 bits per heavy atom. The highest BCUT2D eigenvalue weighted by Gasteiger charge is 2.64. The summed E-state index contributed by atoms with van der Waals surface area (Å²) >= 11 is 0. The predicted octanol–water partition coefficient (Wildman–Crippen LogP) is -2.05. The summed E-state index contributed by atoms with van der Waals surface area (Å²) in [5.41, 5.74) is 5.43. The first kappa shape index (κ1) is 10.9. The van der Waals surface area contributed by atoms with Crippen molar-refractivity contribution in [3.05, 3.63) is 16.7 Å². The summed E-state index contributed by atoms with van der Waals surface area (Å²) in [5.74, 6) is -0.321. The van der Waals surface area contributed by atoms with Crippen LogP contribution in [0.3, 0.4) is 0 Å². The van der Waals surface area contributed by atoms with Gasteiger partial charge in [-0.05, 0) is 0 Å². The molecule has 0 aromatic carbocycles. The lowest BCUT2D eigenvalue weighted by atomic mass is 10.2. The molecule has 3 heterocycles. The van der Waals surface area contributed by atoms with Crippen LogP contribution in [0.25, 0.3) is 11.2 Å². The van der Waals surface area contributed by atoms with E-state index in [0.29, 0.717) is 0 Å². The molecule has 2 unspecified atom stereocenters. The zero-order valence-corrected chi connectivity index (χ0v) is 9.59. The first-order valence-electron chi connectivity index (χ1n) is 5.82. The van der Waals surface area contributed by atoms with Crippen LogP contribution in [0.4, 0.5) is 5.95 Å². The fraction of sp³-hybridized carbons (Fsp3) is 0.500. The van der Waals surface area contributed by atoms with Crippen LogP contribution < -0.4 is 11.3 Å². The third-order valence-corrected chi connectivity index (χ3v) is 3.68. The molecule has 1 saturated heterocycles. The molecule has 2 aliphatic rings. The maximum atomic E-state index is 11.6. The van der Waals surface area contributed by atoms with Gasteiger partial charge in [0.15, 0.2) is 17.4 Å². The third-order valence-electron chi connectivity index (χ3n) is 3.68. The number of hydrogen-bond acceptors (Lipinski definition) is 7. The number of H-pyrrole nitrogens is 1. The number of aromatic amines is 1. The number of rotatable bonds is 1. The van der Waals surface area contributed by atoms with Crippen LogP contribution in [-0.4, -0.2) is 48.0 Å². The second-order valence-corrected chi connectivity index (χ2v) is 4.83. The van der Waals surface area contributed by atoms with Crippen molar-refractivity contribution in [2.45, 2.75) is 24.5 Å². The average Bonchev–Trinajstić information content (AvgIpc) is 2.72. The number of aliphatic hydroxyl groups is 2. The van der Waals surface area contributed by atoms with Gasteiger partial charge in [0.2, 0.25) is 5.95 Å². The second kappa shape index (κ2) is 3.32. The molecule has 0 spiro atoms. The van der Waals surface area contributed by atoms with E-state index in [1.54, 1.807) is 0 Å². The number of nitrogens with one attached hydrogen (secondary N) is 1. The zero-order valence-electron chi connectivity index (χ0n) is 9.59. The monoisotopic (exact) mass is 265 g/mol. The average molecular weight is 265 g/mol. The maximum absolute atomic E-state index is 11.6. The minimum Gasteiger partial charge on any atom is -0.390 e. The molecule has 5 atom stereocenters. The van der Waals surface area contributed by atoms with Gasteiger partial charge in [0.1, 0.15) is 6.10 Å². The van der Waals surface area contributed by atoms with Crippen LogP contribution in [-0.2, 0) is 4.74 Å². The SMILES string of the molecule is Nc1nc2c(ncn2[C@@H]2O[C@@H]3C(O)C3[C@H]2O)c(=O)[nH]1. The fourth-order valence-electron chi connectivity index (χ4n) is 2.65. The lowest BCUT2D eigenvalue weighted by Gasteiger charge is -2.19. The number of hydrogen-bond donors (Lipinski definition) is 4. The van der Waals surface area contributed by atoms with Crippen molar-refractivity contribution in [2.75, 3.05) is 5.73 Å². The molecule has 0 radical (unpaired) electrons. The molecule has 4 rings (SSSR count). The minimum atomic E-state index is -0.861. The van der Waals surface area contributed by atoms with Crippen LogP contribution >= 0.6 is 0 Å². The molecule has 9 nitrogen and oxygen atoms in total. The first-order valence-corrected chi connectivity index (χ1v) is 5.82. The number of ether oxygens (including phenoxy) is 1. The van der Waals surface area contributed by atoms with E-state index in [1.165, 1.54) is 10.9 Å². The van der Waals surface area contributed by atoms with Crippen LogP contribution in [0, 0.1) is 5.92 Å². The summed E-state index contributed by atoms with van der Waals surface area (Å²) in [5, 5.41) is 19.5. The molecular weight excluding hydrogens is 254 g/mol.